The van der Waals surface area contributed by atoms with Crippen LogP contribution in [0, 0.1) is 17.0 Å². The van der Waals surface area contributed by atoms with Crippen molar-refractivity contribution in [1.82, 2.24) is 0 Å². The number of nitro benzene ring substituents is 1. The number of hydrogen-bond donors (Lipinski definition) is 1. The molecule has 1 aromatic carbocycles. The van der Waals surface area contributed by atoms with Crippen molar-refractivity contribution in [1.29, 1.82) is 0 Å². The van der Waals surface area contributed by atoms with Gasteiger partial charge in [0.1, 0.15) is 0 Å². The fourth-order valence-corrected chi connectivity index (χ4v) is 2.82. The maximum absolute atomic E-state index is 10.9. The maximum atomic E-state index is 10.9. The van der Waals surface area contributed by atoms with E-state index in [0.29, 0.717) is 5.56 Å². The number of nitrogens with one attached hydrogen (secondary N) is 1. The van der Waals surface area contributed by atoms with Crippen LogP contribution in [-0.2, 0) is 0 Å². The van der Waals surface area contributed by atoms with Crippen LogP contribution in [-0.4, -0.2) is 4.92 Å². The summed E-state index contributed by atoms with van der Waals surface area (Å²) in [5.41, 5.74) is 1.63. The summed E-state index contributed by atoms with van der Waals surface area (Å²) in [6, 6.07) is 9.56. The Hall–Kier alpha value is -1.88. The van der Waals surface area contributed by atoms with E-state index in [0.717, 1.165) is 12.1 Å². The molecule has 0 fully saturated rings. The molecule has 1 heterocycles. The highest BCUT2D eigenvalue weighted by molar-refractivity contribution is 7.10. The van der Waals surface area contributed by atoms with Crippen LogP contribution in [0.1, 0.15) is 29.8 Å². The normalized spacial score (nSPS) is 12.1. The number of nitro groups is 1. The summed E-state index contributed by atoms with van der Waals surface area (Å²) in [4.78, 5) is 11.8. The molecule has 1 atom stereocenters. The molecule has 0 bridgehead atoms. The fraction of sp³-hybridized carbons (Fsp3) is 0.286. The monoisotopic (exact) mass is 276 g/mol. The van der Waals surface area contributed by atoms with Gasteiger partial charge in [-0.3, -0.25) is 10.1 Å². The van der Waals surface area contributed by atoms with Crippen molar-refractivity contribution < 1.29 is 4.92 Å². The fourth-order valence-electron chi connectivity index (χ4n) is 1.96. The SMILES string of the molecule is CCC(Nc1ccc(C)c([N+](=O)[O-])c1)c1cccs1. The lowest BCUT2D eigenvalue weighted by Crippen LogP contribution is -2.08. The van der Waals surface area contributed by atoms with Gasteiger partial charge in [-0.05, 0) is 30.9 Å². The first kappa shape index (κ1) is 13.5. The molecule has 0 spiro atoms. The van der Waals surface area contributed by atoms with E-state index in [1.54, 1.807) is 30.4 Å². The number of benzene rings is 1. The molecule has 0 aliphatic carbocycles. The van der Waals surface area contributed by atoms with Gasteiger partial charge in [-0.2, -0.15) is 0 Å². The molecule has 0 radical (unpaired) electrons. The van der Waals surface area contributed by atoms with Crippen LogP contribution >= 0.6 is 11.3 Å². The van der Waals surface area contributed by atoms with E-state index >= 15 is 0 Å². The van der Waals surface area contributed by atoms with Gasteiger partial charge in [0.2, 0.25) is 0 Å². The number of nitrogens with zero attached hydrogens (tertiary/aromatic N) is 1. The van der Waals surface area contributed by atoms with Gasteiger partial charge in [0.05, 0.1) is 11.0 Å². The highest BCUT2D eigenvalue weighted by Gasteiger charge is 2.14. The summed E-state index contributed by atoms with van der Waals surface area (Å²) in [6.45, 7) is 3.85. The third-order valence-corrected chi connectivity index (χ3v) is 4.03. The third-order valence-electron chi connectivity index (χ3n) is 3.04. The van der Waals surface area contributed by atoms with Crippen LogP contribution in [0.2, 0.25) is 0 Å². The van der Waals surface area contributed by atoms with Crippen molar-refractivity contribution in [3.05, 3.63) is 56.3 Å². The molecule has 5 heteroatoms. The van der Waals surface area contributed by atoms with E-state index in [1.807, 2.05) is 17.5 Å². The van der Waals surface area contributed by atoms with Gasteiger partial charge in [-0.25, -0.2) is 0 Å². The molecule has 0 saturated carbocycles. The minimum atomic E-state index is -0.341. The summed E-state index contributed by atoms with van der Waals surface area (Å²) in [5, 5.41) is 16.3. The van der Waals surface area contributed by atoms with Crippen molar-refractivity contribution in [2.24, 2.45) is 0 Å². The van der Waals surface area contributed by atoms with Crippen LogP contribution in [0.25, 0.3) is 0 Å². The minimum absolute atomic E-state index is 0.158. The van der Waals surface area contributed by atoms with Crippen LogP contribution in [0.4, 0.5) is 11.4 Å². The second-order valence-corrected chi connectivity index (χ2v) is 5.36. The predicted octanol–water partition coefficient (Wildman–Crippen LogP) is 4.53. The summed E-state index contributed by atoms with van der Waals surface area (Å²) >= 11 is 1.69. The lowest BCUT2D eigenvalue weighted by molar-refractivity contribution is -0.385. The summed E-state index contributed by atoms with van der Waals surface area (Å²) in [7, 11) is 0. The Balaban J connectivity index is 2.23. The average molecular weight is 276 g/mol. The Labute approximate surface area is 116 Å². The number of hydrogen-bond acceptors (Lipinski definition) is 4. The molecular formula is C14H16N2O2S. The molecule has 1 aromatic heterocycles. The summed E-state index contributed by atoms with van der Waals surface area (Å²) in [6.07, 6.45) is 0.933. The molecule has 0 saturated heterocycles. The largest absolute Gasteiger partial charge is 0.377 e. The van der Waals surface area contributed by atoms with E-state index in [-0.39, 0.29) is 16.7 Å². The lowest BCUT2D eigenvalue weighted by atomic mass is 10.1. The molecule has 4 nitrogen and oxygen atoms in total. The van der Waals surface area contributed by atoms with Gasteiger partial charge in [0.15, 0.2) is 0 Å². The number of thiophene rings is 1. The second kappa shape index (κ2) is 5.84. The highest BCUT2D eigenvalue weighted by atomic mass is 32.1. The van der Waals surface area contributed by atoms with Gasteiger partial charge >= 0.3 is 0 Å². The first-order valence-electron chi connectivity index (χ1n) is 6.16. The zero-order chi connectivity index (χ0) is 13.8. The Morgan fingerprint density at radius 1 is 1.42 bits per heavy atom. The van der Waals surface area contributed by atoms with Crippen molar-refractivity contribution in [2.45, 2.75) is 26.3 Å². The third kappa shape index (κ3) is 3.12. The predicted molar refractivity (Wildman–Crippen MR) is 78.8 cm³/mol. The van der Waals surface area contributed by atoms with E-state index in [2.05, 4.69) is 18.3 Å². The smallest absolute Gasteiger partial charge is 0.274 e. The van der Waals surface area contributed by atoms with Crippen LogP contribution in [0.5, 0.6) is 0 Å². The van der Waals surface area contributed by atoms with Gasteiger partial charge in [-0.1, -0.05) is 19.1 Å². The van der Waals surface area contributed by atoms with Gasteiger partial charge in [0, 0.05) is 22.2 Å². The molecule has 100 valence electrons. The molecular weight excluding hydrogens is 260 g/mol. The first-order valence-corrected chi connectivity index (χ1v) is 7.04. The van der Waals surface area contributed by atoms with E-state index in [1.165, 1.54) is 4.88 Å². The van der Waals surface area contributed by atoms with Crippen LogP contribution < -0.4 is 5.32 Å². The van der Waals surface area contributed by atoms with Crippen molar-refractivity contribution in [3.8, 4) is 0 Å². The van der Waals surface area contributed by atoms with Gasteiger partial charge in [0.25, 0.3) is 5.69 Å². The molecule has 2 aromatic rings. The topological polar surface area (TPSA) is 55.2 Å². The van der Waals surface area contributed by atoms with Crippen molar-refractivity contribution in [2.75, 3.05) is 5.32 Å². The molecule has 0 aliphatic heterocycles. The maximum Gasteiger partial charge on any atom is 0.274 e. The Morgan fingerprint density at radius 2 is 2.21 bits per heavy atom. The van der Waals surface area contributed by atoms with Gasteiger partial charge < -0.3 is 5.32 Å². The van der Waals surface area contributed by atoms with Crippen LogP contribution in [0.15, 0.2) is 35.7 Å². The second-order valence-electron chi connectivity index (χ2n) is 4.38. The molecule has 2 rings (SSSR count). The first-order chi connectivity index (χ1) is 9.11. The summed E-state index contributed by atoms with van der Waals surface area (Å²) in [5.74, 6) is 0. The Kier molecular flexibility index (Phi) is 4.16. The molecule has 19 heavy (non-hydrogen) atoms. The van der Waals surface area contributed by atoms with Crippen molar-refractivity contribution in [3.63, 3.8) is 0 Å². The molecule has 1 unspecified atom stereocenters. The minimum Gasteiger partial charge on any atom is -0.377 e. The molecule has 1 N–H and O–H groups in total. The van der Waals surface area contributed by atoms with Crippen LogP contribution in [0.3, 0.4) is 0 Å². The Morgan fingerprint density at radius 3 is 2.79 bits per heavy atom. The molecule has 0 amide bonds. The zero-order valence-electron chi connectivity index (χ0n) is 10.9. The highest BCUT2D eigenvalue weighted by Crippen LogP contribution is 2.29. The lowest BCUT2D eigenvalue weighted by Gasteiger charge is -2.17. The van der Waals surface area contributed by atoms with E-state index < -0.39 is 0 Å². The molecule has 0 aliphatic rings. The van der Waals surface area contributed by atoms with E-state index in [4.69, 9.17) is 0 Å². The number of rotatable bonds is 5. The quantitative estimate of drug-likeness (QED) is 0.645. The standard InChI is InChI=1S/C14H16N2O2S/c1-3-12(14-5-4-8-19-14)15-11-7-6-10(2)13(9-11)16(17)18/h4-9,12,15H,3H2,1-2H3. The zero-order valence-corrected chi connectivity index (χ0v) is 11.7. The van der Waals surface area contributed by atoms with Crippen molar-refractivity contribution >= 4 is 22.7 Å². The average Bonchev–Trinajstić information content (AvgIpc) is 2.91. The number of aryl methyl sites for hydroxylation is 1. The summed E-state index contributed by atoms with van der Waals surface area (Å²) < 4.78 is 0. The van der Waals surface area contributed by atoms with Gasteiger partial charge in [-0.15, -0.1) is 11.3 Å². The van der Waals surface area contributed by atoms with E-state index in [9.17, 15) is 10.1 Å². The Bertz CT molecular complexity index is 567. The number of anilines is 1.